The first-order chi connectivity index (χ1) is 14.7. The van der Waals surface area contributed by atoms with Gasteiger partial charge in [-0.05, 0) is 57.4 Å². The van der Waals surface area contributed by atoms with E-state index in [0.29, 0.717) is 16.9 Å². The van der Waals surface area contributed by atoms with Gasteiger partial charge in [0.15, 0.2) is 15.6 Å². The van der Waals surface area contributed by atoms with Crippen molar-refractivity contribution in [2.45, 2.75) is 51.5 Å². The highest BCUT2D eigenvalue weighted by Crippen LogP contribution is 2.33. The van der Waals surface area contributed by atoms with Gasteiger partial charge in [0, 0.05) is 29.3 Å². The Hall–Kier alpha value is -2.93. The smallest absolute Gasteiger partial charge is 0.228 e. The first-order valence-electron chi connectivity index (χ1n) is 10.4. The summed E-state index contributed by atoms with van der Waals surface area (Å²) in [5, 5.41) is 3.96. The summed E-state index contributed by atoms with van der Waals surface area (Å²) in [7, 11) is -3.66. The second kappa shape index (κ2) is 7.96. The van der Waals surface area contributed by atoms with Gasteiger partial charge in [0.25, 0.3) is 0 Å². The van der Waals surface area contributed by atoms with Crippen LogP contribution in [0.15, 0.2) is 51.9 Å². The molecule has 1 atom stereocenters. The monoisotopic (exact) mass is 438 g/mol. The molecule has 0 N–H and O–H groups in total. The molecule has 0 radical (unpaired) electrons. The highest BCUT2D eigenvalue weighted by Gasteiger charge is 2.31. The maximum Gasteiger partial charge on any atom is 0.228 e. The number of fused-ring (bicyclic) bond motifs is 1. The topological polar surface area (TPSA) is 80.5 Å². The molecule has 7 heteroatoms. The minimum absolute atomic E-state index is 0.0235. The van der Waals surface area contributed by atoms with Crippen molar-refractivity contribution < 1.29 is 17.7 Å². The second-order valence-electron chi connectivity index (χ2n) is 8.22. The predicted octanol–water partition coefficient (Wildman–Crippen LogP) is 4.41. The molecule has 1 unspecified atom stereocenters. The first-order valence-corrected chi connectivity index (χ1v) is 12.0. The van der Waals surface area contributed by atoms with Crippen molar-refractivity contribution in [3.05, 3.63) is 64.8 Å². The van der Waals surface area contributed by atoms with E-state index >= 15 is 0 Å². The summed E-state index contributed by atoms with van der Waals surface area (Å²) in [5.74, 6) is 0.152. The van der Waals surface area contributed by atoms with Crippen LogP contribution < -0.4 is 4.90 Å². The molecular weight excluding hydrogens is 412 g/mol. The Morgan fingerprint density at radius 3 is 2.61 bits per heavy atom. The third kappa shape index (κ3) is 3.90. The van der Waals surface area contributed by atoms with E-state index in [0.717, 1.165) is 28.9 Å². The molecule has 4 rings (SSSR count). The SMILES string of the molecule is Cc1ccc(-c2onc(C)c2C)cc1S(=O)(=O)CCC(=O)N1c2ccccc2CC1C. The molecule has 6 nitrogen and oxygen atoms in total. The molecule has 1 aromatic heterocycles. The molecule has 0 saturated carbocycles. The van der Waals surface area contributed by atoms with Gasteiger partial charge in [-0.1, -0.05) is 35.5 Å². The minimum Gasteiger partial charge on any atom is -0.356 e. The number of amides is 1. The standard InChI is InChI=1S/C24H26N2O4S/c1-15-9-10-20(24-17(3)18(4)25-30-24)14-22(15)31(28,29)12-11-23(27)26-16(2)13-19-7-5-6-8-21(19)26/h5-10,14,16H,11-13H2,1-4H3. The summed E-state index contributed by atoms with van der Waals surface area (Å²) in [6.07, 6.45) is 0.719. The molecule has 0 saturated heterocycles. The molecule has 0 fully saturated rings. The number of aromatic nitrogens is 1. The van der Waals surface area contributed by atoms with Crippen molar-refractivity contribution in [3.8, 4) is 11.3 Å². The van der Waals surface area contributed by atoms with E-state index in [1.165, 1.54) is 0 Å². The number of sulfone groups is 1. The summed E-state index contributed by atoms with van der Waals surface area (Å²) in [6, 6.07) is 13.0. The normalized spacial score (nSPS) is 15.9. The van der Waals surface area contributed by atoms with E-state index in [1.807, 2.05) is 51.1 Å². The van der Waals surface area contributed by atoms with Gasteiger partial charge in [0.05, 0.1) is 16.3 Å². The van der Waals surface area contributed by atoms with Crippen LogP contribution in [-0.2, 0) is 21.1 Å². The Bertz CT molecular complexity index is 1260. The number of anilines is 1. The largest absolute Gasteiger partial charge is 0.356 e. The molecule has 2 heterocycles. The number of para-hydroxylation sites is 1. The summed E-state index contributed by atoms with van der Waals surface area (Å²) in [4.78, 5) is 14.9. The molecule has 3 aromatic rings. The van der Waals surface area contributed by atoms with Crippen molar-refractivity contribution in [3.63, 3.8) is 0 Å². The number of hydrogen-bond donors (Lipinski definition) is 0. The van der Waals surface area contributed by atoms with E-state index < -0.39 is 9.84 Å². The molecular formula is C24H26N2O4S. The van der Waals surface area contributed by atoms with E-state index in [2.05, 4.69) is 5.16 Å². The van der Waals surface area contributed by atoms with Crippen LogP contribution in [0.3, 0.4) is 0 Å². The van der Waals surface area contributed by atoms with Crippen LogP contribution in [0.5, 0.6) is 0 Å². The number of benzene rings is 2. The zero-order valence-corrected chi connectivity index (χ0v) is 19.0. The molecule has 2 aromatic carbocycles. The minimum atomic E-state index is -3.66. The number of carbonyl (C=O) groups is 1. The highest BCUT2D eigenvalue weighted by molar-refractivity contribution is 7.91. The zero-order chi connectivity index (χ0) is 22.3. The third-order valence-electron chi connectivity index (χ3n) is 6.00. The van der Waals surface area contributed by atoms with Crippen molar-refractivity contribution >= 4 is 21.4 Å². The summed E-state index contributed by atoms with van der Waals surface area (Å²) in [6.45, 7) is 7.48. The number of rotatable bonds is 5. The summed E-state index contributed by atoms with van der Waals surface area (Å²) in [5.41, 5.74) is 4.95. The number of aryl methyl sites for hydroxylation is 2. The molecule has 0 aliphatic carbocycles. The van der Waals surface area contributed by atoms with E-state index in [4.69, 9.17) is 4.52 Å². The van der Waals surface area contributed by atoms with Crippen molar-refractivity contribution in [2.75, 3.05) is 10.7 Å². The van der Waals surface area contributed by atoms with Crippen molar-refractivity contribution in [1.82, 2.24) is 5.16 Å². The molecule has 162 valence electrons. The second-order valence-corrected chi connectivity index (χ2v) is 10.3. The average molecular weight is 439 g/mol. The Kier molecular flexibility index (Phi) is 5.47. The Morgan fingerprint density at radius 1 is 1.16 bits per heavy atom. The predicted molar refractivity (Wildman–Crippen MR) is 120 cm³/mol. The summed E-state index contributed by atoms with van der Waals surface area (Å²) >= 11 is 0. The van der Waals surface area contributed by atoms with Gasteiger partial charge in [-0.25, -0.2) is 8.42 Å². The van der Waals surface area contributed by atoms with Crippen LogP contribution >= 0.6 is 0 Å². The van der Waals surface area contributed by atoms with Gasteiger partial charge < -0.3 is 9.42 Å². The van der Waals surface area contributed by atoms with Crippen molar-refractivity contribution in [2.24, 2.45) is 0 Å². The van der Waals surface area contributed by atoms with Gasteiger partial charge in [0.2, 0.25) is 5.91 Å². The lowest BCUT2D eigenvalue weighted by atomic mass is 10.1. The van der Waals surface area contributed by atoms with Gasteiger partial charge in [-0.3, -0.25) is 4.79 Å². The first kappa shape index (κ1) is 21.3. The average Bonchev–Trinajstić information content (AvgIpc) is 3.25. The number of nitrogens with zero attached hydrogens (tertiary/aromatic N) is 2. The Balaban J connectivity index is 1.56. The fourth-order valence-corrected chi connectivity index (χ4v) is 5.69. The number of carbonyl (C=O) groups excluding carboxylic acids is 1. The molecule has 1 aliphatic rings. The van der Waals surface area contributed by atoms with Crippen LogP contribution in [0.25, 0.3) is 11.3 Å². The fraction of sp³-hybridized carbons (Fsp3) is 0.333. The van der Waals surface area contributed by atoms with Gasteiger partial charge >= 0.3 is 0 Å². The third-order valence-corrected chi connectivity index (χ3v) is 7.85. The van der Waals surface area contributed by atoms with Crippen molar-refractivity contribution in [1.29, 1.82) is 0 Å². The van der Waals surface area contributed by atoms with E-state index in [-0.39, 0.29) is 29.0 Å². The Labute approximate surface area is 182 Å². The summed E-state index contributed by atoms with van der Waals surface area (Å²) < 4.78 is 31.7. The highest BCUT2D eigenvalue weighted by atomic mass is 32.2. The van der Waals surface area contributed by atoms with Crippen LogP contribution in [0.4, 0.5) is 5.69 Å². The fourth-order valence-electron chi connectivity index (χ4n) is 4.16. The van der Waals surface area contributed by atoms with Crippen LogP contribution in [0, 0.1) is 20.8 Å². The van der Waals surface area contributed by atoms with Gasteiger partial charge in [0.1, 0.15) is 0 Å². The zero-order valence-electron chi connectivity index (χ0n) is 18.2. The molecule has 31 heavy (non-hydrogen) atoms. The van der Waals surface area contributed by atoms with E-state index in [9.17, 15) is 13.2 Å². The molecule has 1 amide bonds. The lowest BCUT2D eigenvalue weighted by Gasteiger charge is -2.22. The molecule has 0 spiro atoms. The van der Waals surface area contributed by atoms with Crippen LogP contribution in [0.1, 0.15) is 35.7 Å². The molecule has 0 bridgehead atoms. The quantitative estimate of drug-likeness (QED) is 0.589. The lowest BCUT2D eigenvalue weighted by molar-refractivity contribution is -0.118. The Morgan fingerprint density at radius 2 is 1.90 bits per heavy atom. The van der Waals surface area contributed by atoms with Gasteiger partial charge in [-0.2, -0.15) is 0 Å². The van der Waals surface area contributed by atoms with E-state index in [1.54, 1.807) is 24.0 Å². The maximum absolute atomic E-state index is 13.2. The molecule has 1 aliphatic heterocycles. The van der Waals surface area contributed by atoms with Gasteiger partial charge in [-0.15, -0.1) is 0 Å². The number of hydrogen-bond acceptors (Lipinski definition) is 5. The maximum atomic E-state index is 13.2. The van der Waals surface area contributed by atoms with Crippen LogP contribution in [0.2, 0.25) is 0 Å². The lowest BCUT2D eigenvalue weighted by Crippen LogP contribution is -2.36. The van der Waals surface area contributed by atoms with Crippen LogP contribution in [-0.4, -0.2) is 31.3 Å².